The van der Waals surface area contributed by atoms with Gasteiger partial charge in [0.15, 0.2) is 0 Å². The van der Waals surface area contributed by atoms with Crippen molar-refractivity contribution < 1.29 is 9.53 Å². The van der Waals surface area contributed by atoms with Crippen LogP contribution in [0.3, 0.4) is 0 Å². The molecule has 198 valence electrons. The van der Waals surface area contributed by atoms with E-state index >= 15 is 0 Å². The quantitative estimate of drug-likeness (QED) is 0.401. The van der Waals surface area contributed by atoms with E-state index in [9.17, 15) is 4.79 Å². The molecule has 1 amide bonds. The molecule has 0 bridgehead atoms. The normalized spacial score (nSPS) is 14.7. The highest BCUT2D eigenvalue weighted by Gasteiger charge is 2.25. The lowest BCUT2D eigenvalue weighted by Crippen LogP contribution is -2.49. The molecule has 0 atom stereocenters. The van der Waals surface area contributed by atoms with Crippen LogP contribution >= 0.6 is 0 Å². The zero-order valence-electron chi connectivity index (χ0n) is 22.6. The molecule has 0 unspecified atom stereocenters. The zero-order chi connectivity index (χ0) is 26.7. The second-order valence-corrected chi connectivity index (χ2v) is 10.7. The molecule has 4 heterocycles. The van der Waals surface area contributed by atoms with Crippen molar-refractivity contribution in [1.82, 2.24) is 34.7 Å². The molecule has 1 saturated heterocycles. The van der Waals surface area contributed by atoms with E-state index in [4.69, 9.17) is 9.72 Å². The van der Waals surface area contributed by atoms with Crippen LogP contribution in [0.1, 0.15) is 50.5 Å². The van der Waals surface area contributed by atoms with E-state index < -0.39 is 5.60 Å². The Morgan fingerprint density at radius 1 is 1.00 bits per heavy atom. The monoisotopic (exact) mass is 513 g/mol. The van der Waals surface area contributed by atoms with Crippen molar-refractivity contribution in [3.63, 3.8) is 0 Å². The Hall–Kier alpha value is -3.85. The molecule has 5 rings (SSSR count). The van der Waals surface area contributed by atoms with Gasteiger partial charge >= 0.3 is 6.09 Å². The number of aromatic amines is 1. The number of imidazole rings is 1. The fourth-order valence-electron chi connectivity index (χ4n) is 4.62. The van der Waals surface area contributed by atoms with Gasteiger partial charge in [0, 0.05) is 62.3 Å². The van der Waals surface area contributed by atoms with Gasteiger partial charge in [-0.3, -0.25) is 9.88 Å². The number of nitrogens with zero attached hydrogens (tertiary/aromatic N) is 6. The van der Waals surface area contributed by atoms with Gasteiger partial charge in [-0.2, -0.15) is 0 Å². The SMILES string of the molecule is CCc1cc(-c2ccc3nc(Cc4cc(CN5CCN(C(=O)OC(C)(C)C)CC5)ccn4)[nH]c3c2)ncn1. The van der Waals surface area contributed by atoms with Gasteiger partial charge in [-0.05, 0) is 63.1 Å². The Bertz CT molecular complexity index is 1420. The number of H-pyrrole nitrogens is 1. The third-order valence-corrected chi connectivity index (χ3v) is 6.57. The predicted octanol–water partition coefficient (Wildman–Crippen LogP) is 4.62. The van der Waals surface area contributed by atoms with Crippen molar-refractivity contribution in [3.8, 4) is 11.3 Å². The van der Waals surface area contributed by atoms with Gasteiger partial charge < -0.3 is 14.6 Å². The maximum absolute atomic E-state index is 12.3. The molecule has 9 heteroatoms. The summed E-state index contributed by atoms with van der Waals surface area (Å²) in [7, 11) is 0. The second kappa shape index (κ2) is 10.9. The Balaban J connectivity index is 1.21. The Kier molecular flexibility index (Phi) is 7.37. The summed E-state index contributed by atoms with van der Waals surface area (Å²) >= 11 is 0. The number of pyridine rings is 1. The van der Waals surface area contributed by atoms with Crippen LogP contribution < -0.4 is 0 Å². The number of aryl methyl sites for hydroxylation is 1. The molecule has 1 N–H and O–H groups in total. The third kappa shape index (κ3) is 6.34. The average molecular weight is 514 g/mol. The summed E-state index contributed by atoms with van der Waals surface area (Å²) in [5.41, 5.74) is 6.58. The summed E-state index contributed by atoms with van der Waals surface area (Å²) in [6.07, 6.45) is 4.75. The summed E-state index contributed by atoms with van der Waals surface area (Å²) < 4.78 is 5.51. The number of fused-ring (bicyclic) bond motifs is 1. The summed E-state index contributed by atoms with van der Waals surface area (Å²) in [6.45, 7) is 11.6. The van der Waals surface area contributed by atoms with Gasteiger partial charge in [-0.15, -0.1) is 0 Å². The van der Waals surface area contributed by atoms with E-state index in [0.717, 1.165) is 65.6 Å². The molecular formula is C29H35N7O2. The lowest BCUT2D eigenvalue weighted by molar-refractivity contribution is 0.0139. The number of hydrogen-bond acceptors (Lipinski definition) is 7. The van der Waals surface area contributed by atoms with Crippen molar-refractivity contribution >= 4 is 17.1 Å². The van der Waals surface area contributed by atoms with E-state index in [0.29, 0.717) is 19.5 Å². The maximum atomic E-state index is 12.3. The number of carbonyl (C=O) groups is 1. The number of nitrogens with one attached hydrogen (secondary N) is 1. The van der Waals surface area contributed by atoms with Crippen molar-refractivity contribution in [2.75, 3.05) is 26.2 Å². The van der Waals surface area contributed by atoms with Gasteiger partial charge in [0.25, 0.3) is 0 Å². The molecule has 4 aromatic rings. The number of aromatic nitrogens is 5. The fraction of sp³-hybridized carbons (Fsp3) is 0.414. The summed E-state index contributed by atoms with van der Waals surface area (Å²) in [6, 6.07) is 12.4. The Morgan fingerprint density at radius 3 is 2.58 bits per heavy atom. The first-order valence-corrected chi connectivity index (χ1v) is 13.2. The van der Waals surface area contributed by atoms with Gasteiger partial charge in [-0.25, -0.2) is 19.7 Å². The van der Waals surface area contributed by atoms with Crippen LogP contribution in [0, 0.1) is 0 Å². The number of hydrogen-bond donors (Lipinski definition) is 1. The molecule has 1 aromatic carbocycles. The molecule has 9 nitrogen and oxygen atoms in total. The number of piperazine rings is 1. The highest BCUT2D eigenvalue weighted by atomic mass is 16.6. The summed E-state index contributed by atoms with van der Waals surface area (Å²) in [4.78, 5) is 38.1. The third-order valence-electron chi connectivity index (χ3n) is 6.57. The molecular weight excluding hydrogens is 478 g/mol. The Labute approximate surface area is 223 Å². The molecule has 0 spiro atoms. The molecule has 0 aliphatic carbocycles. The molecule has 0 radical (unpaired) electrons. The second-order valence-electron chi connectivity index (χ2n) is 10.7. The fourth-order valence-corrected chi connectivity index (χ4v) is 4.62. The molecule has 3 aromatic heterocycles. The molecule has 1 aliphatic rings. The molecule has 1 aliphatic heterocycles. The average Bonchev–Trinajstić information content (AvgIpc) is 3.30. The van der Waals surface area contributed by atoms with E-state index in [1.165, 1.54) is 5.56 Å². The predicted molar refractivity (Wildman–Crippen MR) is 147 cm³/mol. The van der Waals surface area contributed by atoms with E-state index in [1.807, 2.05) is 39.1 Å². The van der Waals surface area contributed by atoms with Crippen LogP contribution in [0.25, 0.3) is 22.3 Å². The van der Waals surface area contributed by atoms with Crippen LogP contribution in [0.2, 0.25) is 0 Å². The lowest BCUT2D eigenvalue weighted by atomic mass is 10.1. The van der Waals surface area contributed by atoms with Crippen LogP contribution in [0.4, 0.5) is 4.79 Å². The summed E-state index contributed by atoms with van der Waals surface area (Å²) in [5, 5.41) is 0. The molecule has 0 saturated carbocycles. The minimum absolute atomic E-state index is 0.232. The highest BCUT2D eigenvalue weighted by molar-refractivity contribution is 5.81. The maximum Gasteiger partial charge on any atom is 0.410 e. The van der Waals surface area contributed by atoms with E-state index in [1.54, 1.807) is 11.2 Å². The topological polar surface area (TPSA) is 100 Å². The molecule has 38 heavy (non-hydrogen) atoms. The highest BCUT2D eigenvalue weighted by Crippen LogP contribution is 2.23. The van der Waals surface area contributed by atoms with E-state index in [-0.39, 0.29) is 6.09 Å². The zero-order valence-corrected chi connectivity index (χ0v) is 22.6. The minimum atomic E-state index is -0.473. The number of carbonyl (C=O) groups excluding carboxylic acids is 1. The van der Waals surface area contributed by atoms with Crippen molar-refractivity contribution in [2.45, 2.75) is 52.7 Å². The molecule has 1 fully saturated rings. The first kappa shape index (κ1) is 25.8. The van der Waals surface area contributed by atoms with Gasteiger partial charge in [0.2, 0.25) is 0 Å². The van der Waals surface area contributed by atoms with Crippen molar-refractivity contribution in [3.05, 3.63) is 71.7 Å². The number of benzene rings is 1. The largest absolute Gasteiger partial charge is 0.444 e. The van der Waals surface area contributed by atoms with Crippen molar-refractivity contribution in [2.24, 2.45) is 0 Å². The number of rotatable bonds is 6. The van der Waals surface area contributed by atoms with Gasteiger partial charge in [0.05, 0.1) is 16.7 Å². The first-order valence-electron chi connectivity index (χ1n) is 13.2. The van der Waals surface area contributed by atoms with Crippen LogP contribution in [0.15, 0.2) is 48.9 Å². The van der Waals surface area contributed by atoms with Crippen molar-refractivity contribution in [1.29, 1.82) is 0 Å². The van der Waals surface area contributed by atoms with Gasteiger partial charge in [0.1, 0.15) is 17.8 Å². The number of amides is 1. The first-order chi connectivity index (χ1) is 18.3. The van der Waals surface area contributed by atoms with Gasteiger partial charge in [-0.1, -0.05) is 13.0 Å². The standard InChI is InChI=1S/C29H35N7O2/c1-5-22-16-25(32-19-31-22)21-6-7-24-26(15-21)34-27(33-24)17-23-14-20(8-9-30-23)18-35-10-12-36(13-11-35)28(37)38-29(2,3)4/h6-9,14-16,19H,5,10-13,17-18H2,1-4H3,(H,33,34). The lowest BCUT2D eigenvalue weighted by Gasteiger charge is -2.35. The van der Waals surface area contributed by atoms with Crippen LogP contribution in [0.5, 0.6) is 0 Å². The smallest absolute Gasteiger partial charge is 0.410 e. The van der Waals surface area contributed by atoms with Crippen LogP contribution in [-0.2, 0) is 24.1 Å². The Morgan fingerprint density at radius 2 is 1.82 bits per heavy atom. The minimum Gasteiger partial charge on any atom is -0.444 e. The van der Waals surface area contributed by atoms with Crippen LogP contribution in [-0.4, -0.2) is 72.6 Å². The number of ether oxygens (including phenoxy) is 1. The summed E-state index contributed by atoms with van der Waals surface area (Å²) in [5.74, 6) is 0.879. The van der Waals surface area contributed by atoms with E-state index in [2.05, 4.69) is 56.0 Å².